The summed E-state index contributed by atoms with van der Waals surface area (Å²) in [6, 6.07) is 5.38. The van der Waals surface area contributed by atoms with Gasteiger partial charge in [-0.3, -0.25) is 24.6 Å². The van der Waals surface area contributed by atoms with E-state index in [0.717, 1.165) is 0 Å². The highest BCUT2D eigenvalue weighted by molar-refractivity contribution is 7.80. The molecule has 0 bridgehead atoms. The number of nitrogens with one attached hydrogen (secondary N) is 1. The number of hydrogen-bond donors (Lipinski definition) is 1. The lowest BCUT2D eigenvalue weighted by Gasteiger charge is -2.20. The average molecular weight is 279 g/mol. The molecule has 0 saturated carbocycles. The number of thiocarbonyl (C=S) groups is 1. The van der Waals surface area contributed by atoms with Crippen LogP contribution in [0.4, 0.5) is 11.4 Å². The zero-order valence-corrected chi connectivity index (χ0v) is 10.5. The Morgan fingerprint density at radius 2 is 1.84 bits per heavy atom. The third-order valence-electron chi connectivity index (χ3n) is 2.58. The van der Waals surface area contributed by atoms with Gasteiger partial charge in [-0.25, -0.2) is 0 Å². The minimum absolute atomic E-state index is 0.0126. The lowest BCUT2D eigenvalue weighted by Crippen LogP contribution is -2.42. The van der Waals surface area contributed by atoms with Gasteiger partial charge in [0.05, 0.1) is 10.6 Å². The molecule has 7 nitrogen and oxygen atoms in total. The normalized spacial score (nSPS) is 16.0. The lowest BCUT2D eigenvalue weighted by atomic mass is 10.2. The van der Waals surface area contributed by atoms with E-state index in [1.165, 1.54) is 29.2 Å². The van der Waals surface area contributed by atoms with Gasteiger partial charge in [0.15, 0.2) is 5.11 Å². The number of carbonyl (C=O) groups excluding carboxylic acids is 2. The lowest BCUT2D eigenvalue weighted by molar-refractivity contribution is -0.384. The van der Waals surface area contributed by atoms with Crippen molar-refractivity contribution in [3.05, 3.63) is 34.4 Å². The zero-order valence-electron chi connectivity index (χ0n) is 9.66. The first-order valence-electron chi connectivity index (χ1n) is 5.40. The number of nitro benzene ring substituents is 1. The molecule has 1 N–H and O–H groups in total. The average Bonchev–Trinajstić information content (AvgIpc) is 2.48. The smallest absolute Gasteiger partial charge is 0.269 e. The van der Waals surface area contributed by atoms with E-state index in [9.17, 15) is 19.7 Å². The minimum atomic E-state index is -0.534. The van der Waals surface area contributed by atoms with Crippen molar-refractivity contribution < 1.29 is 14.5 Å². The number of hydrogen-bond acceptors (Lipinski definition) is 5. The van der Waals surface area contributed by atoms with Crippen molar-refractivity contribution in [2.75, 3.05) is 4.90 Å². The Labute approximate surface area is 113 Å². The largest absolute Gasteiger partial charge is 0.302 e. The maximum absolute atomic E-state index is 11.9. The molecular weight excluding hydrogens is 270 g/mol. The summed E-state index contributed by atoms with van der Waals surface area (Å²) in [5, 5.41) is 13.0. The SMILES string of the molecule is O=C1CCC(=O)N(c2ccc([N+](=O)[O-])cc2)C(=S)N1. The monoisotopic (exact) mass is 279 g/mol. The van der Waals surface area contributed by atoms with Crippen molar-refractivity contribution in [2.45, 2.75) is 12.8 Å². The maximum Gasteiger partial charge on any atom is 0.269 e. The molecule has 1 aliphatic rings. The second-order valence-corrected chi connectivity index (χ2v) is 4.24. The predicted molar refractivity (Wildman–Crippen MR) is 70.6 cm³/mol. The van der Waals surface area contributed by atoms with Crippen LogP contribution in [0, 0.1) is 10.1 Å². The summed E-state index contributed by atoms with van der Waals surface area (Å²) in [5.41, 5.74) is 0.309. The summed E-state index contributed by atoms with van der Waals surface area (Å²) in [6.07, 6.45) is 0.116. The first-order chi connectivity index (χ1) is 8.99. The molecule has 8 heteroatoms. The molecule has 98 valence electrons. The van der Waals surface area contributed by atoms with E-state index in [2.05, 4.69) is 5.32 Å². The Hall–Kier alpha value is -2.35. The summed E-state index contributed by atoms with van der Waals surface area (Å²) >= 11 is 4.97. The van der Waals surface area contributed by atoms with Crippen LogP contribution in [0.2, 0.25) is 0 Å². The number of anilines is 1. The van der Waals surface area contributed by atoms with Gasteiger partial charge in [-0.1, -0.05) is 0 Å². The number of amides is 2. The highest BCUT2D eigenvalue weighted by Gasteiger charge is 2.26. The summed E-state index contributed by atoms with van der Waals surface area (Å²) < 4.78 is 0. The van der Waals surface area contributed by atoms with E-state index < -0.39 is 4.92 Å². The Balaban J connectivity index is 2.32. The summed E-state index contributed by atoms with van der Waals surface area (Å²) in [4.78, 5) is 34.4. The van der Waals surface area contributed by atoms with Crippen LogP contribution in [0.3, 0.4) is 0 Å². The number of benzene rings is 1. The molecule has 0 aromatic heterocycles. The molecular formula is C11H9N3O4S. The fourth-order valence-electron chi connectivity index (χ4n) is 1.67. The van der Waals surface area contributed by atoms with E-state index in [1.54, 1.807) is 0 Å². The van der Waals surface area contributed by atoms with E-state index >= 15 is 0 Å². The van der Waals surface area contributed by atoms with Crippen molar-refractivity contribution in [2.24, 2.45) is 0 Å². The molecule has 1 aromatic rings. The minimum Gasteiger partial charge on any atom is -0.302 e. The molecule has 1 saturated heterocycles. The van der Waals surface area contributed by atoms with Gasteiger partial charge in [0.25, 0.3) is 5.69 Å². The fourth-order valence-corrected chi connectivity index (χ4v) is 1.99. The summed E-state index contributed by atoms with van der Waals surface area (Å²) in [7, 11) is 0. The molecule has 2 amide bonds. The van der Waals surface area contributed by atoms with E-state index in [0.29, 0.717) is 5.69 Å². The third-order valence-corrected chi connectivity index (χ3v) is 2.87. The number of nitro groups is 1. The molecule has 19 heavy (non-hydrogen) atoms. The van der Waals surface area contributed by atoms with Crippen molar-refractivity contribution in [1.82, 2.24) is 5.32 Å². The van der Waals surface area contributed by atoms with Crippen LogP contribution in [-0.4, -0.2) is 21.9 Å². The van der Waals surface area contributed by atoms with Crippen molar-refractivity contribution >= 4 is 40.5 Å². The van der Waals surface area contributed by atoms with Gasteiger partial charge in [-0.05, 0) is 24.4 Å². The summed E-state index contributed by atoms with van der Waals surface area (Å²) in [5.74, 6) is -0.639. The molecule has 2 rings (SSSR count). The van der Waals surface area contributed by atoms with Crippen LogP contribution in [0.15, 0.2) is 24.3 Å². The van der Waals surface area contributed by atoms with Gasteiger partial charge in [-0.15, -0.1) is 0 Å². The molecule has 1 heterocycles. The highest BCUT2D eigenvalue weighted by Crippen LogP contribution is 2.21. The van der Waals surface area contributed by atoms with Gasteiger partial charge in [-0.2, -0.15) is 0 Å². The maximum atomic E-state index is 11.9. The van der Waals surface area contributed by atoms with Crippen LogP contribution in [-0.2, 0) is 9.59 Å². The van der Waals surface area contributed by atoms with Crippen LogP contribution in [0.1, 0.15) is 12.8 Å². The molecule has 1 aliphatic heterocycles. The quantitative estimate of drug-likeness (QED) is 0.497. The number of nitrogens with zero attached hydrogens (tertiary/aromatic N) is 2. The van der Waals surface area contributed by atoms with Crippen LogP contribution < -0.4 is 10.2 Å². The van der Waals surface area contributed by atoms with Gasteiger partial charge in [0.1, 0.15) is 0 Å². The molecule has 0 radical (unpaired) electrons. The Morgan fingerprint density at radius 3 is 2.42 bits per heavy atom. The van der Waals surface area contributed by atoms with Crippen molar-refractivity contribution in [3.63, 3.8) is 0 Å². The molecule has 0 spiro atoms. The van der Waals surface area contributed by atoms with E-state index in [4.69, 9.17) is 12.2 Å². The molecule has 1 fully saturated rings. The van der Waals surface area contributed by atoms with Crippen molar-refractivity contribution in [1.29, 1.82) is 0 Å². The molecule has 0 unspecified atom stereocenters. The van der Waals surface area contributed by atoms with Gasteiger partial charge < -0.3 is 5.32 Å². The topological polar surface area (TPSA) is 92.5 Å². The number of non-ortho nitro benzene ring substituents is 1. The van der Waals surface area contributed by atoms with Crippen molar-refractivity contribution in [3.8, 4) is 0 Å². The van der Waals surface area contributed by atoms with Gasteiger partial charge in [0, 0.05) is 25.0 Å². The Bertz CT molecular complexity index is 570. The Morgan fingerprint density at radius 1 is 1.21 bits per heavy atom. The van der Waals surface area contributed by atoms with Crippen LogP contribution >= 0.6 is 12.2 Å². The second-order valence-electron chi connectivity index (χ2n) is 3.86. The number of rotatable bonds is 2. The first kappa shape index (κ1) is 13.1. The molecule has 1 aromatic carbocycles. The number of carbonyl (C=O) groups is 2. The van der Waals surface area contributed by atoms with E-state index in [1.807, 2.05) is 0 Å². The predicted octanol–water partition coefficient (Wildman–Crippen LogP) is 1.12. The molecule has 0 aliphatic carbocycles. The molecule has 0 atom stereocenters. The highest BCUT2D eigenvalue weighted by atomic mass is 32.1. The standard InChI is InChI=1S/C11H9N3O4S/c15-9-5-6-10(16)13(11(19)12-9)7-1-3-8(4-2-7)14(17)18/h1-4H,5-6H2,(H,12,15,19). The van der Waals surface area contributed by atoms with Gasteiger partial charge in [0.2, 0.25) is 11.8 Å². The second kappa shape index (κ2) is 5.11. The van der Waals surface area contributed by atoms with Gasteiger partial charge >= 0.3 is 0 Å². The van der Waals surface area contributed by atoms with Crippen LogP contribution in [0.25, 0.3) is 0 Å². The fraction of sp³-hybridized carbons (Fsp3) is 0.182. The van der Waals surface area contributed by atoms with Crippen LogP contribution in [0.5, 0.6) is 0 Å². The zero-order chi connectivity index (χ0) is 14.0. The third kappa shape index (κ3) is 2.74. The summed E-state index contributed by atoms with van der Waals surface area (Å²) in [6.45, 7) is 0. The Kier molecular flexibility index (Phi) is 3.52. The first-order valence-corrected chi connectivity index (χ1v) is 5.81. The van der Waals surface area contributed by atoms with E-state index in [-0.39, 0.29) is 35.5 Å².